The highest BCUT2D eigenvalue weighted by Crippen LogP contribution is 2.35. The molecule has 0 aliphatic carbocycles. The van der Waals surface area contributed by atoms with Crippen molar-refractivity contribution < 1.29 is 33.8 Å². The Morgan fingerprint density at radius 3 is 2.76 bits per heavy atom. The van der Waals surface area contributed by atoms with Gasteiger partial charge in [0.05, 0.1) is 6.10 Å². The largest absolute Gasteiger partial charge is 0.480 e. The van der Waals surface area contributed by atoms with E-state index in [2.05, 4.69) is 10.5 Å². The number of carboxylic acids is 1. The number of carbonyl (C=O) groups excluding carboxylic acids is 1. The number of aromatic nitrogens is 1. The minimum absolute atomic E-state index is 0.0653. The molecule has 9 nitrogen and oxygen atoms in total. The Balaban J connectivity index is 1.74. The summed E-state index contributed by atoms with van der Waals surface area (Å²) in [6, 6.07) is 5.30. The van der Waals surface area contributed by atoms with Crippen LogP contribution >= 0.6 is 0 Å². The molecule has 0 radical (unpaired) electrons. The molecule has 1 aliphatic rings. The third-order valence-corrected chi connectivity index (χ3v) is 3.58. The van der Waals surface area contributed by atoms with Gasteiger partial charge in [-0.2, -0.15) is 0 Å². The summed E-state index contributed by atoms with van der Waals surface area (Å²) in [5.41, 5.74) is 0.569. The number of ether oxygens (including phenoxy) is 2. The molecule has 2 aromatic rings. The Labute approximate surface area is 142 Å². The predicted octanol–water partition coefficient (Wildman–Crippen LogP) is 1.02. The van der Waals surface area contributed by atoms with Crippen molar-refractivity contribution in [2.75, 3.05) is 6.79 Å². The number of carbonyl (C=O) groups is 2. The van der Waals surface area contributed by atoms with E-state index in [0.29, 0.717) is 22.8 Å². The van der Waals surface area contributed by atoms with Gasteiger partial charge in [-0.1, -0.05) is 5.16 Å². The second-order valence-electron chi connectivity index (χ2n) is 5.59. The van der Waals surface area contributed by atoms with E-state index in [1.807, 2.05) is 0 Å². The highest BCUT2D eigenvalue weighted by Gasteiger charge is 2.24. The van der Waals surface area contributed by atoms with Crippen LogP contribution < -0.4 is 14.8 Å². The smallest absolute Gasteiger partial charge is 0.326 e. The first-order valence-electron chi connectivity index (χ1n) is 7.52. The summed E-state index contributed by atoms with van der Waals surface area (Å²) < 4.78 is 15.7. The summed E-state index contributed by atoms with van der Waals surface area (Å²) in [6.07, 6.45) is -0.989. The molecule has 2 heterocycles. The number of hydrogen-bond acceptors (Lipinski definition) is 7. The zero-order valence-electron chi connectivity index (χ0n) is 13.3. The number of amides is 1. The molecule has 1 amide bonds. The summed E-state index contributed by atoms with van der Waals surface area (Å²) in [4.78, 5) is 23.3. The third kappa shape index (κ3) is 3.72. The summed E-state index contributed by atoms with van der Waals surface area (Å²) in [6.45, 7) is 1.58. The number of nitrogens with zero attached hydrogens (tertiary/aromatic N) is 1. The van der Waals surface area contributed by atoms with Crippen LogP contribution in [0.3, 0.4) is 0 Å². The Morgan fingerprint density at radius 2 is 2.04 bits per heavy atom. The summed E-state index contributed by atoms with van der Waals surface area (Å²) in [5, 5.41) is 24.4. The second-order valence-corrected chi connectivity index (χ2v) is 5.59. The van der Waals surface area contributed by atoms with Gasteiger partial charge in [-0.25, -0.2) is 4.79 Å². The number of aliphatic hydroxyl groups excluding tert-OH is 1. The Kier molecular flexibility index (Phi) is 4.57. The highest BCUT2D eigenvalue weighted by atomic mass is 16.7. The molecule has 0 fully saturated rings. The molecule has 25 heavy (non-hydrogen) atoms. The molecule has 0 bridgehead atoms. The van der Waals surface area contributed by atoms with Crippen LogP contribution in [0.5, 0.6) is 11.5 Å². The zero-order chi connectivity index (χ0) is 18.0. The number of nitrogens with one attached hydrogen (secondary N) is 1. The lowest BCUT2D eigenvalue weighted by molar-refractivity contribution is -0.140. The first-order chi connectivity index (χ1) is 11.9. The lowest BCUT2D eigenvalue weighted by Gasteiger charge is -2.14. The van der Waals surface area contributed by atoms with Crippen molar-refractivity contribution in [3.05, 3.63) is 30.0 Å². The van der Waals surface area contributed by atoms with E-state index in [-0.39, 0.29) is 18.9 Å². The minimum Gasteiger partial charge on any atom is -0.480 e. The van der Waals surface area contributed by atoms with Crippen molar-refractivity contribution in [1.82, 2.24) is 10.5 Å². The second kappa shape index (κ2) is 6.81. The SMILES string of the molecule is CC(O)CC(NC(=O)c1cc(-c2ccc3c(c2)OCO3)on1)C(=O)O. The van der Waals surface area contributed by atoms with Gasteiger partial charge in [-0.3, -0.25) is 4.79 Å². The van der Waals surface area contributed by atoms with Gasteiger partial charge in [0.1, 0.15) is 6.04 Å². The van der Waals surface area contributed by atoms with Gasteiger partial charge in [0.2, 0.25) is 6.79 Å². The number of fused-ring (bicyclic) bond motifs is 1. The molecular weight excluding hydrogens is 332 g/mol. The molecule has 3 rings (SSSR count). The maximum absolute atomic E-state index is 12.1. The maximum atomic E-state index is 12.1. The number of hydrogen-bond donors (Lipinski definition) is 3. The third-order valence-electron chi connectivity index (χ3n) is 3.58. The summed E-state index contributed by atoms with van der Waals surface area (Å²) >= 11 is 0. The van der Waals surface area contributed by atoms with E-state index < -0.39 is 24.0 Å². The number of aliphatic hydroxyl groups is 1. The molecule has 2 atom stereocenters. The zero-order valence-corrected chi connectivity index (χ0v) is 13.3. The van der Waals surface area contributed by atoms with E-state index in [1.54, 1.807) is 18.2 Å². The minimum atomic E-state index is -1.24. The number of carboxylic acid groups (broad SMARTS) is 1. The van der Waals surface area contributed by atoms with Gasteiger partial charge in [-0.05, 0) is 25.1 Å². The van der Waals surface area contributed by atoms with Gasteiger partial charge < -0.3 is 29.5 Å². The van der Waals surface area contributed by atoms with Crippen LogP contribution in [-0.2, 0) is 4.79 Å². The van der Waals surface area contributed by atoms with Crippen molar-refractivity contribution >= 4 is 11.9 Å². The number of benzene rings is 1. The van der Waals surface area contributed by atoms with Gasteiger partial charge >= 0.3 is 5.97 Å². The molecule has 3 N–H and O–H groups in total. The van der Waals surface area contributed by atoms with Crippen LogP contribution in [0.2, 0.25) is 0 Å². The predicted molar refractivity (Wildman–Crippen MR) is 83.2 cm³/mol. The molecule has 132 valence electrons. The quantitative estimate of drug-likeness (QED) is 0.705. The van der Waals surface area contributed by atoms with Gasteiger partial charge in [0.15, 0.2) is 23.0 Å². The molecule has 9 heteroatoms. The Morgan fingerprint density at radius 1 is 1.28 bits per heavy atom. The van der Waals surface area contributed by atoms with E-state index in [4.69, 9.17) is 19.1 Å². The van der Waals surface area contributed by atoms with Crippen LogP contribution in [-0.4, -0.2) is 46.2 Å². The van der Waals surface area contributed by atoms with Crippen molar-refractivity contribution in [3.8, 4) is 22.8 Å². The van der Waals surface area contributed by atoms with Crippen molar-refractivity contribution in [2.24, 2.45) is 0 Å². The lowest BCUT2D eigenvalue weighted by Crippen LogP contribution is -2.42. The molecule has 2 unspecified atom stereocenters. The Hall–Kier alpha value is -3.07. The molecule has 0 spiro atoms. The van der Waals surface area contributed by atoms with Crippen LogP contribution in [0.4, 0.5) is 0 Å². The lowest BCUT2D eigenvalue weighted by atomic mass is 10.1. The first-order valence-corrected chi connectivity index (χ1v) is 7.52. The highest BCUT2D eigenvalue weighted by molar-refractivity contribution is 5.95. The number of aliphatic carboxylic acids is 1. The molecule has 1 aromatic heterocycles. The number of rotatable bonds is 6. The van der Waals surface area contributed by atoms with Crippen molar-refractivity contribution in [3.63, 3.8) is 0 Å². The fourth-order valence-corrected chi connectivity index (χ4v) is 2.36. The average molecular weight is 348 g/mol. The summed E-state index contributed by atoms with van der Waals surface area (Å²) in [7, 11) is 0. The standard InChI is InChI=1S/C16H16N2O7/c1-8(19)4-11(16(21)22)17-15(20)10-6-13(25-18-10)9-2-3-12-14(5-9)24-7-23-12/h2-3,5-6,8,11,19H,4,7H2,1H3,(H,17,20)(H,21,22). The van der Waals surface area contributed by atoms with E-state index in [0.717, 1.165) is 0 Å². The average Bonchev–Trinajstić information content (AvgIpc) is 3.22. The molecule has 0 saturated heterocycles. The van der Waals surface area contributed by atoms with Crippen LogP contribution in [0.25, 0.3) is 11.3 Å². The Bertz CT molecular complexity index is 800. The van der Waals surface area contributed by atoms with Gasteiger partial charge in [0.25, 0.3) is 5.91 Å². The van der Waals surface area contributed by atoms with Crippen LogP contribution in [0, 0.1) is 0 Å². The van der Waals surface area contributed by atoms with E-state index in [9.17, 15) is 14.7 Å². The molecule has 1 aromatic carbocycles. The van der Waals surface area contributed by atoms with Gasteiger partial charge in [-0.15, -0.1) is 0 Å². The van der Waals surface area contributed by atoms with Crippen molar-refractivity contribution in [2.45, 2.75) is 25.5 Å². The van der Waals surface area contributed by atoms with Gasteiger partial charge in [0, 0.05) is 18.1 Å². The first kappa shape index (κ1) is 16.8. The van der Waals surface area contributed by atoms with Crippen molar-refractivity contribution in [1.29, 1.82) is 0 Å². The fourth-order valence-electron chi connectivity index (χ4n) is 2.36. The summed E-state index contributed by atoms with van der Waals surface area (Å²) in [5.74, 6) is -0.449. The normalized spacial score (nSPS) is 14.8. The molecule has 0 saturated carbocycles. The molecule has 1 aliphatic heterocycles. The van der Waals surface area contributed by atoms with Crippen LogP contribution in [0.15, 0.2) is 28.8 Å². The monoisotopic (exact) mass is 348 g/mol. The van der Waals surface area contributed by atoms with Crippen LogP contribution in [0.1, 0.15) is 23.8 Å². The van der Waals surface area contributed by atoms with E-state index >= 15 is 0 Å². The van der Waals surface area contributed by atoms with E-state index in [1.165, 1.54) is 13.0 Å². The maximum Gasteiger partial charge on any atom is 0.326 e. The fraction of sp³-hybridized carbons (Fsp3) is 0.312. The topological polar surface area (TPSA) is 131 Å². The molecular formula is C16H16N2O7.